The highest BCUT2D eigenvalue weighted by Crippen LogP contribution is 2.22. The molecule has 0 amide bonds. The molecule has 0 spiro atoms. The van der Waals surface area contributed by atoms with Gasteiger partial charge in [0.25, 0.3) is 0 Å². The molecule has 1 aromatic carbocycles. The summed E-state index contributed by atoms with van der Waals surface area (Å²) in [7, 11) is 1.81. The van der Waals surface area contributed by atoms with Gasteiger partial charge in [0, 0.05) is 42.1 Å². The number of thiophene rings is 1. The number of halogens is 2. The van der Waals surface area contributed by atoms with Crippen LogP contribution in [0.4, 0.5) is 0 Å². The number of aliphatic imine (C=N–C) groups is 1. The number of aromatic amines is 1. The van der Waals surface area contributed by atoms with E-state index in [1.165, 1.54) is 25.1 Å². The van der Waals surface area contributed by atoms with Crippen LogP contribution in [0.2, 0.25) is 0 Å². The summed E-state index contributed by atoms with van der Waals surface area (Å²) in [6.45, 7) is 1.73. The summed E-state index contributed by atoms with van der Waals surface area (Å²) in [5.41, 5.74) is 2.52. The lowest BCUT2D eigenvalue weighted by Gasteiger charge is -2.11. The number of para-hydroxylation sites is 1. The largest absolute Gasteiger partial charge is 0.361 e. The van der Waals surface area contributed by atoms with Gasteiger partial charge in [-0.1, -0.05) is 18.2 Å². The summed E-state index contributed by atoms with van der Waals surface area (Å²) in [6.07, 6.45) is 4.05. The first-order valence-electron chi connectivity index (χ1n) is 8.00. The van der Waals surface area contributed by atoms with Gasteiger partial charge in [0.15, 0.2) is 5.96 Å². The molecule has 0 unspecified atom stereocenters. The fourth-order valence-electron chi connectivity index (χ4n) is 2.66. The molecule has 0 radical (unpaired) electrons. The van der Waals surface area contributed by atoms with Gasteiger partial charge in [-0.15, -0.1) is 35.3 Å². The van der Waals surface area contributed by atoms with Crippen LogP contribution in [0, 0.1) is 0 Å². The van der Waals surface area contributed by atoms with Crippen molar-refractivity contribution in [2.45, 2.75) is 12.8 Å². The van der Waals surface area contributed by atoms with Crippen molar-refractivity contribution in [1.82, 2.24) is 15.6 Å². The smallest absolute Gasteiger partial charge is 0.190 e. The molecule has 3 rings (SSSR count). The normalized spacial score (nSPS) is 11.4. The molecule has 0 aliphatic rings. The molecule has 134 valence electrons. The number of hydrogen-bond donors (Lipinski definition) is 3. The number of guanidine groups is 1. The standard InChI is InChI=1S/C18H21BrN4S.HI/c1-20-18(22-11-9-14-6-7-17(19)24-14)21-10-8-13-12-23-16-5-3-2-4-15(13)16;/h2-7,12,23H,8-11H2,1H3,(H2,20,21,22);1H. The maximum absolute atomic E-state index is 4.29. The van der Waals surface area contributed by atoms with E-state index in [0.717, 1.165) is 31.9 Å². The lowest BCUT2D eigenvalue weighted by Crippen LogP contribution is -2.39. The van der Waals surface area contributed by atoms with Crippen LogP contribution in [0.1, 0.15) is 10.4 Å². The number of hydrogen-bond acceptors (Lipinski definition) is 2. The third kappa shape index (κ3) is 5.72. The second-order valence-electron chi connectivity index (χ2n) is 5.49. The third-order valence-corrected chi connectivity index (χ3v) is 5.56. The van der Waals surface area contributed by atoms with E-state index in [-0.39, 0.29) is 24.0 Å². The predicted octanol–water partition coefficient (Wildman–Crippen LogP) is 4.56. The summed E-state index contributed by atoms with van der Waals surface area (Å²) < 4.78 is 1.18. The molecule has 3 aromatic rings. The van der Waals surface area contributed by atoms with Gasteiger partial charge in [0.1, 0.15) is 0 Å². The topological polar surface area (TPSA) is 52.2 Å². The molecule has 0 aliphatic carbocycles. The quantitative estimate of drug-likeness (QED) is 0.247. The Bertz CT molecular complexity index is 827. The number of nitrogens with zero attached hydrogens (tertiary/aromatic N) is 1. The molecule has 0 aliphatic heterocycles. The van der Waals surface area contributed by atoms with E-state index in [1.54, 1.807) is 11.3 Å². The number of aromatic nitrogens is 1. The molecule has 25 heavy (non-hydrogen) atoms. The highest BCUT2D eigenvalue weighted by Gasteiger charge is 2.04. The van der Waals surface area contributed by atoms with Gasteiger partial charge in [-0.2, -0.15) is 0 Å². The lowest BCUT2D eigenvalue weighted by molar-refractivity contribution is 0.789. The SMILES string of the molecule is CN=C(NCCc1ccc(Br)s1)NCCc1c[nH]c2ccccc12.I. The third-order valence-electron chi connectivity index (χ3n) is 3.88. The molecule has 2 aromatic heterocycles. The number of nitrogens with one attached hydrogen (secondary N) is 3. The molecule has 3 N–H and O–H groups in total. The predicted molar refractivity (Wildman–Crippen MR) is 123 cm³/mol. The minimum absolute atomic E-state index is 0. The van der Waals surface area contributed by atoms with Gasteiger partial charge < -0.3 is 15.6 Å². The zero-order valence-electron chi connectivity index (χ0n) is 14.0. The summed E-state index contributed by atoms with van der Waals surface area (Å²) in [4.78, 5) is 8.97. The Balaban J connectivity index is 0.00000225. The lowest BCUT2D eigenvalue weighted by atomic mass is 10.1. The van der Waals surface area contributed by atoms with Crippen molar-refractivity contribution in [3.63, 3.8) is 0 Å². The van der Waals surface area contributed by atoms with Crippen LogP contribution >= 0.6 is 51.2 Å². The van der Waals surface area contributed by atoms with Crippen molar-refractivity contribution in [2.75, 3.05) is 20.1 Å². The number of rotatable bonds is 6. The zero-order valence-corrected chi connectivity index (χ0v) is 18.7. The van der Waals surface area contributed by atoms with Crippen LogP contribution in [0.3, 0.4) is 0 Å². The van der Waals surface area contributed by atoms with Gasteiger partial charge in [-0.3, -0.25) is 4.99 Å². The van der Waals surface area contributed by atoms with Gasteiger partial charge in [-0.25, -0.2) is 0 Å². The number of H-pyrrole nitrogens is 1. The first-order chi connectivity index (χ1) is 11.8. The summed E-state index contributed by atoms with van der Waals surface area (Å²) >= 11 is 5.27. The molecule has 2 heterocycles. The molecule has 0 fully saturated rings. The van der Waals surface area contributed by atoms with E-state index in [9.17, 15) is 0 Å². The van der Waals surface area contributed by atoms with Crippen LogP contribution in [0.15, 0.2) is 51.4 Å². The van der Waals surface area contributed by atoms with E-state index in [2.05, 4.69) is 79.1 Å². The molecule has 0 bridgehead atoms. The van der Waals surface area contributed by atoms with Gasteiger partial charge >= 0.3 is 0 Å². The number of benzene rings is 1. The first kappa shape index (κ1) is 20.3. The minimum Gasteiger partial charge on any atom is -0.361 e. The fraction of sp³-hybridized carbons (Fsp3) is 0.278. The molecule has 0 saturated carbocycles. The fourth-order valence-corrected chi connectivity index (χ4v) is 4.15. The Hall–Kier alpha value is -1.06. The van der Waals surface area contributed by atoms with E-state index in [4.69, 9.17) is 0 Å². The average molecular weight is 533 g/mol. The first-order valence-corrected chi connectivity index (χ1v) is 9.61. The van der Waals surface area contributed by atoms with Crippen LogP contribution < -0.4 is 10.6 Å². The van der Waals surface area contributed by atoms with Crippen molar-refractivity contribution in [2.24, 2.45) is 4.99 Å². The Labute approximate surface area is 177 Å². The monoisotopic (exact) mass is 532 g/mol. The van der Waals surface area contributed by atoms with Gasteiger partial charge in [-0.05, 0) is 52.5 Å². The second kappa shape index (κ2) is 10.2. The Kier molecular flexibility index (Phi) is 8.25. The molecule has 0 atom stereocenters. The van der Waals surface area contributed by atoms with Crippen molar-refractivity contribution in [3.8, 4) is 0 Å². The van der Waals surface area contributed by atoms with E-state index >= 15 is 0 Å². The molecular formula is C18H22BrIN4S. The van der Waals surface area contributed by atoms with E-state index in [1.807, 2.05) is 7.05 Å². The maximum atomic E-state index is 4.29. The second-order valence-corrected chi connectivity index (χ2v) is 8.04. The highest BCUT2D eigenvalue weighted by atomic mass is 127. The average Bonchev–Trinajstić information content (AvgIpc) is 3.20. The van der Waals surface area contributed by atoms with Crippen LogP contribution in [-0.4, -0.2) is 31.1 Å². The van der Waals surface area contributed by atoms with E-state index < -0.39 is 0 Å². The number of fused-ring (bicyclic) bond motifs is 1. The summed E-state index contributed by atoms with van der Waals surface area (Å²) in [6, 6.07) is 12.6. The van der Waals surface area contributed by atoms with Crippen molar-refractivity contribution in [1.29, 1.82) is 0 Å². The molecule has 7 heteroatoms. The minimum atomic E-state index is 0. The Morgan fingerprint density at radius 2 is 1.88 bits per heavy atom. The summed E-state index contributed by atoms with van der Waals surface area (Å²) in [5, 5.41) is 8.05. The van der Waals surface area contributed by atoms with Crippen molar-refractivity contribution < 1.29 is 0 Å². The van der Waals surface area contributed by atoms with Gasteiger partial charge in [0.2, 0.25) is 0 Å². The van der Waals surface area contributed by atoms with Crippen LogP contribution in [0.5, 0.6) is 0 Å². The summed E-state index contributed by atoms with van der Waals surface area (Å²) in [5.74, 6) is 0.852. The molecular weight excluding hydrogens is 511 g/mol. The van der Waals surface area contributed by atoms with Crippen molar-refractivity contribution in [3.05, 3.63) is 56.8 Å². The van der Waals surface area contributed by atoms with E-state index in [0.29, 0.717) is 0 Å². The van der Waals surface area contributed by atoms with Crippen LogP contribution in [0.25, 0.3) is 10.9 Å². The molecule has 4 nitrogen and oxygen atoms in total. The Morgan fingerprint density at radius 3 is 2.60 bits per heavy atom. The zero-order chi connectivity index (χ0) is 16.8. The van der Waals surface area contributed by atoms with Crippen molar-refractivity contribution >= 4 is 68.1 Å². The molecule has 0 saturated heterocycles. The maximum Gasteiger partial charge on any atom is 0.190 e. The van der Waals surface area contributed by atoms with Crippen LogP contribution in [-0.2, 0) is 12.8 Å². The van der Waals surface area contributed by atoms with Gasteiger partial charge in [0.05, 0.1) is 3.79 Å². The Morgan fingerprint density at radius 1 is 1.12 bits per heavy atom. The highest BCUT2D eigenvalue weighted by molar-refractivity contribution is 14.0.